The van der Waals surface area contributed by atoms with Gasteiger partial charge in [0.2, 0.25) is 0 Å². The molecule has 2 aliphatic rings. The largest absolute Gasteiger partial charge is 0.337 e. The number of fused-ring (bicyclic) bond motifs is 1. The first-order valence-corrected chi connectivity index (χ1v) is 7.04. The summed E-state index contributed by atoms with van der Waals surface area (Å²) >= 11 is 0. The second-order valence-electron chi connectivity index (χ2n) is 5.49. The summed E-state index contributed by atoms with van der Waals surface area (Å²) < 4.78 is 0. The van der Waals surface area contributed by atoms with E-state index < -0.39 is 0 Å². The summed E-state index contributed by atoms with van der Waals surface area (Å²) in [5.74, 6) is 0.166. The lowest BCUT2D eigenvalue weighted by molar-refractivity contribution is 0.0816. The summed E-state index contributed by atoms with van der Waals surface area (Å²) in [7, 11) is 1.86. The second kappa shape index (κ2) is 5.31. The topological polar surface area (TPSA) is 35.6 Å². The highest BCUT2D eigenvalue weighted by atomic mass is 16.2. The fourth-order valence-electron chi connectivity index (χ4n) is 2.87. The van der Waals surface area contributed by atoms with E-state index in [0.29, 0.717) is 0 Å². The molecular weight excluding hydrogens is 238 g/mol. The Balaban J connectivity index is 1.64. The third-order valence-electron chi connectivity index (χ3n) is 4.09. The van der Waals surface area contributed by atoms with Gasteiger partial charge in [0.05, 0.1) is 0 Å². The molecule has 102 valence electrons. The molecule has 0 saturated carbocycles. The van der Waals surface area contributed by atoms with Crippen molar-refractivity contribution in [2.24, 2.45) is 0 Å². The van der Waals surface area contributed by atoms with Gasteiger partial charge in [-0.15, -0.1) is 0 Å². The van der Waals surface area contributed by atoms with Gasteiger partial charge in [-0.1, -0.05) is 12.1 Å². The number of rotatable bonds is 3. The minimum Gasteiger partial charge on any atom is -0.337 e. The smallest absolute Gasteiger partial charge is 0.254 e. The van der Waals surface area contributed by atoms with E-state index in [4.69, 9.17) is 0 Å². The number of piperazine rings is 1. The molecule has 1 aromatic carbocycles. The monoisotopic (exact) mass is 259 g/mol. The molecule has 4 nitrogen and oxygen atoms in total. The predicted molar refractivity (Wildman–Crippen MR) is 75.3 cm³/mol. The van der Waals surface area contributed by atoms with Crippen molar-refractivity contribution >= 4 is 5.91 Å². The van der Waals surface area contributed by atoms with Gasteiger partial charge in [-0.2, -0.15) is 0 Å². The van der Waals surface area contributed by atoms with Crippen LogP contribution in [0.15, 0.2) is 18.2 Å². The molecule has 0 unspecified atom stereocenters. The van der Waals surface area contributed by atoms with E-state index >= 15 is 0 Å². The highest BCUT2D eigenvalue weighted by Crippen LogP contribution is 2.22. The van der Waals surface area contributed by atoms with E-state index in [1.165, 1.54) is 11.1 Å². The molecule has 0 bridgehead atoms. The third kappa shape index (κ3) is 2.65. The molecule has 1 aromatic rings. The first kappa shape index (κ1) is 12.6. The van der Waals surface area contributed by atoms with Crippen molar-refractivity contribution in [3.8, 4) is 0 Å². The van der Waals surface area contributed by atoms with Crippen LogP contribution >= 0.6 is 0 Å². The third-order valence-corrected chi connectivity index (χ3v) is 4.09. The first-order valence-electron chi connectivity index (χ1n) is 7.04. The molecule has 0 spiro atoms. The zero-order valence-corrected chi connectivity index (χ0v) is 11.5. The van der Waals surface area contributed by atoms with Crippen LogP contribution in [0, 0.1) is 0 Å². The number of nitrogens with one attached hydrogen (secondary N) is 1. The molecule has 4 heteroatoms. The van der Waals surface area contributed by atoms with E-state index in [1.54, 1.807) is 4.90 Å². The standard InChI is InChI=1S/C15H21N3O/c1-17-11-13-3-2-12(10-14(13)15(17)19)4-7-18-8-5-16-6-9-18/h2-3,10,16H,4-9,11H2,1H3. The number of hydrogen-bond acceptors (Lipinski definition) is 3. The lowest BCUT2D eigenvalue weighted by Gasteiger charge is -2.27. The quantitative estimate of drug-likeness (QED) is 0.869. The Labute approximate surface area is 114 Å². The molecule has 1 saturated heterocycles. The van der Waals surface area contributed by atoms with Crippen molar-refractivity contribution in [1.29, 1.82) is 0 Å². The Kier molecular flexibility index (Phi) is 3.53. The molecule has 3 rings (SSSR count). The Bertz CT molecular complexity index is 480. The van der Waals surface area contributed by atoms with Crippen LogP contribution < -0.4 is 5.32 Å². The van der Waals surface area contributed by atoms with Gasteiger partial charge >= 0.3 is 0 Å². The molecule has 2 heterocycles. The van der Waals surface area contributed by atoms with Crippen LogP contribution in [0.5, 0.6) is 0 Å². The fourth-order valence-corrected chi connectivity index (χ4v) is 2.87. The Morgan fingerprint density at radius 2 is 2.05 bits per heavy atom. The van der Waals surface area contributed by atoms with E-state index in [9.17, 15) is 4.79 Å². The SMILES string of the molecule is CN1Cc2ccc(CCN3CCNCC3)cc2C1=O. The molecule has 0 aromatic heterocycles. The van der Waals surface area contributed by atoms with Gasteiger partial charge in [0, 0.05) is 51.9 Å². The van der Waals surface area contributed by atoms with Crippen LogP contribution in [0.1, 0.15) is 21.5 Å². The Morgan fingerprint density at radius 1 is 1.26 bits per heavy atom. The summed E-state index contributed by atoms with van der Waals surface area (Å²) in [6.07, 6.45) is 1.03. The second-order valence-corrected chi connectivity index (χ2v) is 5.49. The van der Waals surface area contributed by atoms with Crippen LogP contribution in [0.3, 0.4) is 0 Å². The maximum atomic E-state index is 12.0. The minimum absolute atomic E-state index is 0.166. The average molecular weight is 259 g/mol. The summed E-state index contributed by atoms with van der Waals surface area (Å²) in [6, 6.07) is 6.38. The number of amides is 1. The van der Waals surface area contributed by atoms with Gasteiger partial charge in [0.15, 0.2) is 0 Å². The van der Waals surface area contributed by atoms with Crippen LogP contribution in [-0.4, -0.2) is 55.5 Å². The maximum absolute atomic E-state index is 12.0. The highest BCUT2D eigenvalue weighted by Gasteiger charge is 2.24. The lowest BCUT2D eigenvalue weighted by atomic mass is 10.0. The zero-order valence-electron chi connectivity index (χ0n) is 11.5. The van der Waals surface area contributed by atoms with Gasteiger partial charge < -0.3 is 15.1 Å². The summed E-state index contributed by atoms with van der Waals surface area (Å²) in [5.41, 5.74) is 3.35. The lowest BCUT2D eigenvalue weighted by Crippen LogP contribution is -2.44. The summed E-state index contributed by atoms with van der Waals surface area (Å²) in [6.45, 7) is 6.29. The van der Waals surface area contributed by atoms with Crippen molar-refractivity contribution in [3.63, 3.8) is 0 Å². The van der Waals surface area contributed by atoms with E-state index in [2.05, 4.69) is 28.4 Å². The molecule has 1 fully saturated rings. The van der Waals surface area contributed by atoms with Crippen molar-refractivity contribution in [1.82, 2.24) is 15.1 Å². The number of benzene rings is 1. The van der Waals surface area contributed by atoms with Crippen molar-refractivity contribution in [2.75, 3.05) is 39.8 Å². The van der Waals surface area contributed by atoms with Gasteiger partial charge in [0.1, 0.15) is 0 Å². The molecule has 0 atom stereocenters. The van der Waals surface area contributed by atoms with Crippen molar-refractivity contribution in [3.05, 3.63) is 34.9 Å². The van der Waals surface area contributed by atoms with Gasteiger partial charge in [-0.3, -0.25) is 4.79 Å². The van der Waals surface area contributed by atoms with E-state index in [-0.39, 0.29) is 5.91 Å². The molecule has 19 heavy (non-hydrogen) atoms. The summed E-state index contributed by atoms with van der Waals surface area (Å²) in [4.78, 5) is 16.2. The number of nitrogens with zero attached hydrogens (tertiary/aromatic N) is 2. The van der Waals surface area contributed by atoms with Crippen LogP contribution in [-0.2, 0) is 13.0 Å². The molecule has 0 aliphatic carbocycles. The Morgan fingerprint density at radius 3 is 2.84 bits per heavy atom. The number of hydrogen-bond donors (Lipinski definition) is 1. The maximum Gasteiger partial charge on any atom is 0.254 e. The zero-order chi connectivity index (χ0) is 13.2. The molecular formula is C15H21N3O. The molecule has 2 aliphatic heterocycles. The predicted octanol–water partition coefficient (Wildman–Crippen LogP) is 0.720. The van der Waals surface area contributed by atoms with Crippen LogP contribution in [0.2, 0.25) is 0 Å². The number of carbonyl (C=O) groups excluding carboxylic acids is 1. The van der Waals surface area contributed by atoms with Crippen LogP contribution in [0.4, 0.5) is 0 Å². The fraction of sp³-hybridized carbons (Fsp3) is 0.533. The molecule has 1 N–H and O–H groups in total. The van der Waals surface area contributed by atoms with E-state index in [1.807, 2.05) is 7.05 Å². The summed E-state index contributed by atoms with van der Waals surface area (Å²) in [5, 5.41) is 3.37. The van der Waals surface area contributed by atoms with Gasteiger partial charge in [-0.25, -0.2) is 0 Å². The normalized spacial score (nSPS) is 19.8. The van der Waals surface area contributed by atoms with Crippen molar-refractivity contribution in [2.45, 2.75) is 13.0 Å². The van der Waals surface area contributed by atoms with Gasteiger partial charge in [0.25, 0.3) is 5.91 Å². The molecule has 1 amide bonds. The van der Waals surface area contributed by atoms with E-state index in [0.717, 1.165) is 51.3 Å². The van der Waals surface area contributed by atoms with Crippen molar-refractivity contribution < 1.29 is 4.79 Å². The highest BCUT2D eigenvalue weighted by molar-refractivity contribution is 5.98. The Hall–Kier alpha value is -1.39. The first-order chi connectivity index (χ1) is 9.24. The molecule has 0 radical (unpaired) electrons. The number of carbonyl (C=O) groups is 1. The average Bonchev–Trinajstić information content (AvgIpc) is 2.73. The van der Waals surface area contributed by atoms with Crippen LogP contribution in [0.25, 0.3) is 0 Å². The van der Waals surface area contributed by atoms with Gasteiger partial charge in [-0.05, 0) is 23.6 Å². The minimum atomic E-state index is 0.166.